The molecule has 0 unspecified atom stereocenters. The average molecular weight is 268 g/mol. The van der Waals surface area contributed by atoms with Crippen molar-refractivity contribution in [2.45, 2.75) is 6.54 Å². The van der Waals surface area contributed by atoms with Gasteiger partial charge < -0.3 is 5.73 Å². The van der Waals surface area contributed by atoms with Crippen molar-refractivity contribution >= 4 is 22.4 Å². The highest BCUT2D eigenvalue weighted by Gasteiger charge is 2.05. The Balaban J connectivity index is 2.21. The standard InChI is InChI=1S/C17H14ClN/c18-16-8-7-15(11-19)17(10-16)14-6-5-12-3-1-2-4-13(12)9-14/h1-10H,11,19H2. The summed E-state index contributed by atoms with van der Waals surface area (Å²) in [4.78, 5) is 0. The summed E-state index contributed by atoms with van der Waals surface area (Å²) in [6.07, 6.45) is 0. The number of halogens is 1. The average Bonchev–Trinajstić information content (AvgIpc) is 2.46. The van der Waals surface area contributed by atoms with Crippen molar-refractivity contribution in [2.75, 3.05) is 0 Å². The number of fused-ring (bicyclic) bond motifs is 1. The van der Waals surface area contributed by atoms with Gasteiger partial charge >= 0.3 is 0 Å². The molecule has 1 nitrogen and oxygen atoms in total. The highest BCUT2D eigenvalue weighted by atomic mass is 35.5. The Kier molecular flexibility index (Phi) is 3.24. The van der Waals surface area contributed by atoms with Crippen molar-refractivity contribution in [3.05, 3.63) is 71.2 Å². The topological polar surface area (TPSA) is 26.0 Å². The van der Waals surface area contributed by atoms with E-state index in [0.29, 0.717) is 6.54 Å². The highest BCUT2D eigenvalue weighted by Crippen LogP contribution is 2.29. The van der Waals surface area contributed by atoms with E-state index in [1.54, 1.807) is 0 Å². The Morgan fingerprint density at radius 1 is 0.842 bits per heavy atom. The third-order valence-electron chi connectivity index (χ3n) is 3.35. The number of nitrogens with two attached hydrogens (primary N) is 1. The maximum atomic E-state index is 6.10. The molecule has 2 heteroatoms. The zero-order chi connectivity index (χ0) is 13.2. The molecule has 0 aliphatic rings. The highest BCUT2D eigenvalue weighted by molar-refractivity contribution is 6.30. The summed E-state index contributed by atoms with van der Waals surface area (Å²) in [7, 11) is 0. The Bertz CT molecular complexity index is 734. The first-order valence-corrected chi connectivity index (χ1v) is 6.63. The molecule has 0 amide bonds. The van der Waals surface area contributed by atoms with Gasteiger partial charge in [0.25, 0.3) is 0 Å². The molecule has 19 heavy (non-hydrogen) atoms. The van der Waals surface area contributed by atoms with Crippen molar-refractivity contribution in [3.8, 4) is 11.1 Å². The summed E-state index contributed by atoms with van der Waals surface area (Å²) in [5, 5.41) is 3.20. The van der Waals surface area contributed by atoms with Crippen LogP contribution >= 0.6 is 11.6 Å². The molecule has 0 fully saturated rings. The second-order valence-electron chi connectivity index (χ2n) is 4.57. The van der Waals surface area contributed by atoms with Crippen LogP contribution in [0.1, 0.15) is 5.56 Å². The largest absolute Gasteiger partial charge is 0.326 e. The molecule has 0 heterocycles. The molecule has 0 aliphatic heterocycles. The van der Waals surface area contributed by atoms with Crippen molar-refractivity contribution in [1.82, 2.24) is 0 Å². The first-order chi connectivity index (χ1) is 9.28. The Morgan fingerprint density at radius 3 is 2.42 bits per heavy atom. The van der Waals surface area contributed by atoms with Gasteiger partial charge in [0.05, 0.1) is 0 Å². The fourth-order valence-corrected chi connectivity index (χ4v) is 2.52. The van der Waals surface area contributed by atoms with Crippen molar-refractivity contribution < 1.29 is 0 Å². The number of benzene rings is 3. The minimum atomic E-state index is 0.513. The lowest BCUT2D eigenvalue weighted by molar-refractivity contribution is 1.07. The molecule has 0 aliphatic carbocycles. The van der Waals surface area contributed by atoms with Gasteiger partial charge in [-0.3, -0.25) is 0 Å². The molecule has 2 N–H and O–H groups in total. The van der Waals surface area contributed by atoms with Gasteiger partial charge in [-0.2, -0.15) is 0 Å². The molecular weight excluding hydrogens is 254 g/mol. The van der Waals surface area contributed by atoms with Crippen LogP contribution in [0.4, 0.5) is 0 Å². The smallest absolute Gasteiger partial charge is 0.0412 e. The van der Waals surface area contributed by atoms with Crippen molar-refractivity contribution in [1.29, 1.82) is 0 Å². The Labute approximate surface area is 117 Å². The van der Waals surface area contributed by atoms with Crippen LogP contribution in [0.3, 0.4) is 0 Å². The summed E-state index contributed by atoms with van der Waals surface area (Å²) >= 11 is 6.10. The molecule has 3 rings (SSSR count). The minimum Gasteiger partial charge on any atom is -0.326 e. The summed E-state index contributed by atoms with van der Waals surface area (Å²) < 4.78 is 0. The monoisotopic (exact) mass is 267 g/mol. The lowest BCUT2D eigenvalue weighted by Gasteiger charge is -2.10. The van der Waals surface area contributed by atoms with Gasteiger partial charge in [0.2, 0.25) is 0 Å². The lowest BCUT2D eigenvalue weighted by Crippen LogP contribution is -1.98. The molecule has 3 aromatic carbocycles. The van der Waals surface area contributed by atoms with E-state index in [2.05, 4.69) is 30.3 Å². The first kappa shape index (κ1) is 12.2. The lowest BCUT2D eigenvalue weighted by atomic mass is 9.97. The predicted molar refractivity (Wildman–Crippen MR) is 82.3 cm³/mol. The van der Waals surface area contributed by atoms with E-state index in [0.717, 1.165) is 21.7 Å². The van der Waals surface area contributed by atoms with E-state index < -0.39 is 0 Å². The van der Waals surface area contributed by atoms with Crippen LogP contribution in [0, 0.1) is 0 Å². The van der Waals surface area contributed by atoms with E-state index in [9.17, 15) is 0 Å². The summed E-state index contributed by atoms with van der Waals surface area (Å²) in [5.74, 6) is 0. The first-order valence-electron chi connectivity index (χ1n) is 6.25. The fourth-order valence-electron chi connectivity index (χ4n) is 2.35. The maximum absolute atomic E-state index is 6.10. The predicted octanol–water partition coefficient (Wildman–Crippen LogP) is 4.62. The molecule has 0 saturated carbocycles. The Hall–Kier alpha value is -1.83. The molecule has 0 bridgehead atoms. The minimum absolute atomic E-state index is 0.513. The van der Waals surface area contributed by atoms with Gasteiger partial charge in [-0.05, 0) is 45.7 Å². The van der Waals surface area contributed by atoms with Gasteiger partial charge in [0, 0.05) is 11.6 Å². The number of hydrogen-bond donors (Lipinski definition) is 1. The number of hydrogen-bond acceptors (Lipinski definition) is 1. The quantitative estimate of drug-likeness (QED) is 0.720. The van der Waals surface area contributed by atoms with Crippen LogP contribution < -0.4 is 5.73 Å². The van der Waals surface area contributed by atoms with E-state index in [-0.39, 0.29) is 0 Å². The molecule has 0 atom stereocenters. The van der Waals surface area contributed by atoms with Crippen LogP contribution in [0.25, 0.3) is 21.9 Å². The van der Waals surface area contributed by atoms with Gasteiger partial charge in [0.1, 0.15) is 0 Å². The molecule has 0 aromatic heterocycles. The summed E-state index contributed by atoms with van der Waals surface area (Å²) in [6.45, 7) is 0.513. The Morgan fingerprint density at radius 2 is 1.63 bits per heavy atom. The molecule has 0 saturated heterocycles. The van der Waals surface area contributed by atoms with E-state index in [1.807, 2.05) is 30.3 Å². The second-order valence-corrected chi connectivity index (χ2v) is 5.00. The van der Waals surface area contributed by atoms with Crippen LogP contribution in [0.5, 0.6) is 0 Å². The van der Waals surface area contributed by atoms with E-state index >= 15 is 0 Å². The van der Waals surface area contributed by atoms with E-state index in [4.69, 9.17) is 17.3 Å². The zero-order valence-corrected chi connectivity index (χ0v) is 11.2. The van der Waals surface area contributed by atoms with Gasteiger partial charge in [-0.25, -0.2) is 0 Å². The SMILES string of the molecule is NCc1ccc(Cl)cc1-c1ccc2ccccc2c1. The van der Waals surface area contributed by atoms with Crippen LogP contribution in [0.15, 0.2) is 60.7 Å². The second kappa shape index (κ2) is 5.04. The molecule has 0 radical (unpaired) electrons. The van der Waals surface area contributed by atoms with Crippen molar-refractivity contribution in [3.63, 3.8) is 0 Å². The van der Waals surface area contributed by atoms with Crippen molar-refractivity contribution in [2.24, 2.45) is 5.73 Å². The third kappa shape index (κ3) is 2.35. The van der Waals surface area contributed by atoms with Crippen LogP contribution in [0.2, 0.25) is 5.02 Å². The number of rotatable bonds is 2. The van der Waals surface area contributed by atoms with Crippen LogP contribution in [-0.4, -0.2) is 0 Å². The molecule has 94 valence electrons. The molecule has 0 spiro atoms. The van der Waals surface area contributed by atoms with Gasteiger partial charge in [-0.15, -0.1) is 0 Å². The zero-order valence-electron chi connectivity index (χ0n) is 10.4. The fraction of sp³-hybridized carbons (Fsp3) is 0.0588. The summed E-state index contributed by atoms with van der Waals surface area (Å²) in [5.41, 5.74) is 9.18. The molecular formula is C17H14ClN. The normalized spacial score (nSPS) is 10.8. The molecule has 3 aromatic rings. The third-order valence-corrected chi connectivity index (χ3v) is 3.59. The van der Waals surface area contributed by atoms with Gasteiger partial charge in [-0.1, -0.05) is 54.1 Å². The van der Waals surface area contributed by atoms with Gasteiger partial charge in [0.15, 0.2) is 0 Å². The maximum Gasteiger partial charge on any atom is 0.0412 e. The van der Waals surface area contributed by atoms with E-state index in [1.165, 1.54) is 10.8 Å². The van der Waals surface area contributed by atoms with Crippen LogP contribution in [-0.2, 0) is 6.54 Å². The summed E-state index contributed by atoms with van der Waals surface area (Å²) in [6, 6.07) is 20.6.